The molecule has 0 radical (unpaired) electrons. The van der Waals surface area contributed by atoms with E-state index >= 15 is 0 Å². The van der Waals surface area contributed by atoms with E-state index in [2.05, 4.69) is 34.7 Å². The number of alkyl halides is 1. The Kier molecular flexibility index (Phi) is 0.849. The van der Waals surface area contributed by atoms with Crippen LogP contribution in [0.15, 0.2) is 24.3 Å². The molecule has 1 saturated heterocycles. The molecular formula is C6H5IO. The summed E-state index contributed by atoms with van der Waals surface area (Å²) < 4.78 is 5.33. The molecule has 0 amide bonds. The van der Waals surface area contributed by atoms with Gasteiger partial charge in [-0.05, 0) is 28.7 Å². The molecule has 0 spiro atoms. The van der Waals surface area contributed by atoms with Gasteiger partial charge in [0, 0.05) is 0 Å². The van der Waals surface area contributed by atoms with Crippen LogP contribution in [0.25, 0.3) is 0 Å². The molecule has 8 heavy (non-hydrogen) atoms. The fourth-order valence-corrected chi connectivity index (χ4v) is 1.51. The summed E-state index contributed by atoms with van der Waals surface area (Å²) >= 11 is 2.30. The highest BCUT2D eigenvalue weighted by Crippen LogP contribution is 2.46. The average Bonchev–Trinajstić information content (AvgIpc) is 2.39. The zero-order valence-corrected chi connectivity index (χ0v) is 6.33. The molecule has 1 aliphatic heterocycles. The smallest absolute Gasteiger partial charge is 0.168 e. The fourth-order valence-electron chi connectivity index (χ4n) is 0.817. The van der Waals surface area contributed by atoms with Gasteiger partial charge in [0.05, 0.1) is 0 Å². The Labute approximate surface area is 61.5 Å². The van der Waals surface area contributed by atoms with Gasteiger partial charge in [0.2, 0.25) is 0 Å². The van der Waals surface area contributed by atoms with Gasteiger partial charge in [-0.25, -0.2) is 0 Å². The summed E-state index contributed by atoms with van der Waals surface area (Å²) in [6.07, 6.45) is 8.57. The molecule has 1 aliphatic carbocycles. The summed E-state index contributed by atoms with van der Waals surface area (Å²) in [5, 5.41) is 0. The van der Waals surface area contributed by atoms with E-state index in [1.807, 2.05) is 12.2 Å². The molecular weight excluding hydrogens is 215 g/mol. The third kappa shape index (κ3) is 0.559. The first-order valence-corrected chi connectivity index (χ1v) is 3.62. The molecule has 2 heteroatoms. The maximum Gasteiger partial charge on any atom is 0.168 e. The number of epoxide rings is 1. The van der Waals surface area contributed by atoms with Crippen LogP contribution in [0.5, 0.6) is 0 Å². The standard InChI is InChI=1S/C6H5IO/c7-6-4-2-1-3-5(6)8-6/h1-5H. The minimum absolute atomic E-state index is 0.0481. The SMILES string of the molecule is IC12C=CC=CC1O2. The maximum atomic E-state index is 5.28. The Bertz CT molecular complexity index is 173. The third-order valence-corrected chi connectivity index (χ3v) is 2.59. The second-order valence-corrected chi connectivity index (χ2v) is 3.67. The monoisotopic (exact) mass is 220 g/mol. The van der Waals surface area contributed by atoms with Crippen molar-refractivity contribution < 1.29 is 4.74 Å². The summed E-state index contributed by atoms with van der Waals surface area (Å²) in [6.45, 7) is 0. The van der Waals surface area contributed by atoms with Crippen LogP contribution < -0.4 is 0 Å². The molecule has 0 bridgehead atoms. The van der Waals surface area contributed by atoms with Gasteiger partial charge < -0.3 is 4.74 Å². The van der Waals surface area contributed by atoms with Crippen molar-refractivity contribution in [2.75, 3.05) is 0 Å². The molecule has 2 aliphatic rings. The van der Waals surface area contributed by atoms with Gasteiger partial charge in [0.15, 0.2) is 3.61 Å². The van der Waals surface area contributed by atoms with Crippen molar-refractivity contribution in [1.29, 1.82) is 0 Å². The summed E-state index contributed by atoms with van der Waals surface area (Å²) in [6, 6.07) is 0. The van der Waals surface area contributed by atoms with Gasteiger partial charge in [-0.2, -0.15) is 0 Å². The van der Waals surface area contributed by atoms with Crippen molar-refractivity contribution in [3.05, 3.63) is 24.3 Å². The van der Waals surface area contributed by atoms with Crippen LogP contribution in [0.1, 0.15) is 0 Å². The van der Waals surface area contributed by atoms with Gasteiger partial charge >= 0.3 is 0 Å². The maximum absolute atomic E-state index is 5.28. The van der Waals surface area contributed by atoms with Crippen LogP contribution in [0.3, 0.4) is 0 Å². The van der Waals surface area contributed by atoms with Crippen molar-refractivity contribution in [3.8, 4) is 0 Å². The van der Waals surface area contributed by atoms with Crippen LogP contribution >= 0.6 is 22.6 Å². The van der Waals surface area contributed by atoms with E-state index in [1.165, 1.54) is 0 Å². The number of allylic oxidation sites excluding steroid dienone is 2. The molecule has 2 atom stereocenters. The molecule has 0 saturated carbocycles. The Balaban J connectivity index is 2.33. The topological polar surface area (TPSA) is 12.5 Å². The van der Waals surface area contributed by atoms with Crippen molar-refractivity contribution in [3.63, 3.8) is 0 Å². The first-order chi connectivity index (χ1) is 3.81. The van der Waals surface area contributed by atoms with E-state index in [-0.39, 0.29) is 3.61 Å². The van der Waals surface area contributed by atoms with E-state index < -0.39 is 0 Å². The average molecular weight is 220 g/mol. The second-order valence-electron chi connectivity index (χ2n) is 1.98. The summed E-state index contributed by atoms with van der Waals surface area (Å²) in [4.78, 5) is 0. The minimum Gasteiger partial charge on any atom is -0.346 e. The number of hydrogen-bond acceptors (Lipinski definition) is 1. The van der Waals surface area contributed by atoms with E-state index in [0.717, 1.165) is 0 Å². The van der Waals surface area contributed by atoms with Crippen LogP contribution in [0.2, 0.25) is 0 Å². The van der Waals surface area contributed by atoms with Gasteiger partial charge in [-0.15, -0.1) is 0 Å². The van der Waals surface area contributed by atoms with Crippen molar-refractivity contribution in [2.24, 2.45) is 0 Å². The zero-order valence-electron chi connectivity index (χ0n) is 4.17. The van der Waals surface area contributed by atoms with Gasteiger partial charge in [-0.3, -0.25) is 0 Å². The van der Waals surface area contributed by atoms with Crippen molar-refractivity contribution in [1.82, 2.24) is 0 Å². The van der Waals surface area contributed by atoms with Gasteiger partial charge in [-0.1, -0.05) is 18.2 Å². The molecule has 2 rings (SSSR count). The zero-order chi connectivity index (χ0) is 5.61. The lowest BCUT2D eigenvalue weighted by atomic mass is 10.2. The molecule has 1 heterocycles. The Hall–Kier alpha value is 0.170. The van der Waals surface area contributed by atoms with Crippen LogP contribution in [0, 0.1) is 0 Å². The molecule has 0 aromatic heterocycles. The van der Waals surface area contributed by atoms with E-state index in [0.29, 0.717) is 6.10 Å². The van der Waals surface area contributed by atoms with E-state index in [9.17, 15) is 0 Å². The normalized spacial score (nSPS) is 48.9. The minimum atomic E-state index is 0.0481. The highest BCUT2D eigenvalue weighted by atomic mass is 127. The van der Waals surface area contributed by atoms with Crippen molar-refractivity contribution in [2.45, 2.75) is 9.71 Å². The number of ether oxygens (including phenoxy) is 1. The third-order valence-electron chi connectivity index (χ3n) is 1.36. The molecule has 1 nitrogen and oxygen atoms in total. The highest BCUT2D eigenvalue weighted by molar-refractivity contribution is 14.1. The lowest BCUT2D eigenvalue weighted by Crippen LogP contribution is -1.99. The first-order valence-electron chi connectivity index (χ1n) is 2.54. The summed E-state index contributed by atoms with van der Waals surface area (Å²) in [5.41, 5.74) is 0. The number of rotatable bonds is 0. The highest BCUT2D eigenvalue weighted by Gasteiger charge is 2.51. The quantitative estimate of drug-likeness (QED) is 0.343. The Morgan fingerprint density at radius 1 is 1.50 bits per heavy atom. The number of fused-ring (bicyclic) bond motifs is 1. The second kappa shape index (κ2) is 1.36. The lowest BCUT2D eigenvalue weighted by molar-refractivity contribution is 0.407. The predicted octanol–water partition coefficient (Wildman–Crippen LogP) is 1.64. The van der Waals surface area contributed by atoms with Crippen molar-refractivity contribution >= 4 is 22.6 Å². The molecule has 0 N–H and O–H groups in total. The molecule has 1 fully saturated rings. The molecule has 0 aromatic carbocycles. The molecule has 2 unspecified atom stereocenters. The molecule has 0 aromatic rings. The first kappa shape index (κ1) is 4.99. The fraction of sp³-hybridized carbons (Fsp3) is 0.333. The summed E-state index contributed by atoms with van der Waals surface area (Å²) in [5.74, 6) is 0. The Morgan fingerprint density at radius 2 is 2.38 bits per heavy atom. The van der Waals surface area contributed by atoms with Crippen LogP contribution in [-0.2, 0) is 4.74 Å². The number of hydrogen-bond donors (Lipinski definition) is 0. The lowest BCUT2D eigenvalue weighted by Gasteiger charge is -1.93. The predicted molar refractivity (Wildman–Crippen MR) is 39.9 cm³/mol. The van der Waals surface area contributed by atoms with E-state index in [1.54, 1.807) is 0 Å². The van der Waals surface area contributed by atoms with Crippen LogP contribution in [-0.4, -0.2) is 9.71 Å². The van der Waals surface area contributed by atoms with Gasteiger partial charge in [0.1, 0.15) is 6.10 Å². The van der Waals surface area contributed by atoms with Crippen LogP contribution in [0.4, 0.5) is 0 Å². The molecule has 42 valence electrons. The number of halogens is 1. The van der Waals surface area contributed by atoms with Gasteiger partial charge in [0.25, 0.3) is 0 Å². The summed E-state index contributed by atoms with van der Waals surface area (Å²) in [7, 11) is 0. The largest absolute Gasteiger partial charge is 0.346 e. The Morgan fingerprint density at radius 3 is 2.88 bits per heavy atom. The van der Waals surface area contributed by atoms with E-state index in [4.69, 9.17) is 4.74 Å².